The van der Waals surface area contributed by atoms with E-state index in [9.17, 15) is 14.7 Å². The SMILES string of the molecule is CCC(=O)[C@@]1(C)[C@H](C)C[C@H]2[C@@H]3CCC4=C/C(=N\OCCC(=O)Nc5ccc(C)cc5)C=C[C@]4(C)[C@H]3[C@@H](O)C[C@@]21C. The molecule has 3 saturated carbocycles. The molecular formula is C34H46N2O4. The molecular weight excluding hydrogens is 500 g/mol. The topological polar surface area (TPSA) is 88.0 Å². The van der Waals surface area contributed by atoms with Gasteiger partial charge in [-0.3, -0.25) is 9.59 Å². The highest BCUT2D eigenvalue weighted by Crippen LogP contribution is 2.71. The van der Waals surface area contributed by atoms with Crippen LogP contribution in [0.3, 0.4) is 0 Å². The van der Waals surface area contributed by atoms with Gasteiger partial charge in [-0.25, -0.2) is 0 Å². The number of aliphatic hydroxyl groups is 1. The molecule has 5 rings (SSSR count). The number of aryl methyl sites for hydroxylation is 1. The second kappa shape index (κ2) is 10.6. The van der Waals surface area contributed by atoms with Crippen LogP contribution in [-0.2, 0) is 14.4 Å². The smallest absolute Gasteiger partial charge is 0.227 e. The maximum Gasteiger partial charge on any atom is 0.227 e. The fraction of sp³-hybridized carbons (Fsp3) is 0.618. The Morgan fingerprint density at radius 3 is 2.60 bits per heavy atom. The standard InChI is InChI=1S/C34H46N2O4/c1-7-29(38)34(6)22(3)18-27-26-13-10-23-19-25(14-16-32(23,4)31(26)28(37)20-33(27,34)5)36-40-17-15-30(39)35-24-11-8-21(2)9-12-24/h8-9,11-12,14,16,19,22,26-28,31,37H,7,10,13,15,17-18,20H2,1-6H3,(H,35,39)/b36-25-/t22-,26+,27+,28+,31-,32+,33+,34-/m1/s1. The summed E-state index contributed by atoms with van der Waals surface area (Å²) in [6, 6.07) is 7.70. The lowest BCUT2D eigenvalue weighted by Gasteiger charge is -2.60. The molecule has 0 bridgehead atoms. The number of amides is 1. The van der Waals surface area contributed by atoms with Crippen molar-refractivity contribution in [3.8, 4) is 0 Å². The van der Waals surface area contributed by atoms with E-state index in [-0.39, 0.29) is 41.1 Å². The van der Waals surface area contributed by atoms with E-state index in [0.717, 1.165) is 36.2 Å². The van der Waals surface area contributed by atoms with E-state index in [1.807, 2.05) is 44.2 Å². The van der Waals surface area contributed by atoms with E-state index < -0.39 is 6.10 Å². The molecule has 0 heterocycles. The lowest BCUT2D eigenvalue weighted by atomic mass is 9.44. The molecule has 8 atom stereocenters. The number of allylic oxidation sites excluding steroid dienone is 4. The largest absolute Gasteiger partial charge is 0.395 e. The Morgan fingerprint density at radius 1 is 1.18 bits per heavy atom. The molecule has 0 unspecified atom stereocenters. The van der Waals surface area contributed by atoms with Crippen LogP contribution in [0.1, 0.15) is 78.7 Å². The molecule has 1 amide bonds. The number of aliphatic hydroxyl groups excluding tert-OH is 1. The first kappa shape index (κ1) is 28.8. The van der Waals surface area contributed by atoms with Gasteiger partial charge in [0.1, 0.15) is 18.1 Å². The van der Waals surface area contributed by atoms with Crippen LogP contribution >= 0.6 is 0 Å². The molecule has 40 heavy (non-hydrogen) atoms. The maximum absolute atomic E-state index is 13.3. The van der Waals surface area contributed by atoms with Gasteiger partial charge in [0.15, 0.2) is 0 Å². The zero-order chi connectivity index (χ0) is 28.9. The van der Waals surface area contributed by atoms with E-state index in [1.165, 1.54) is 5.57 Å². The van der Waals surface area contributed by atoms with Gasteiger partial charge in [-0.1, -0.05) is 69.1 Å². The lowest BCUT2D eigenvalue weighted by Crippen LogP contribution is -2.58. The van der Waals surface area contributed by atoms with Crippen molar-refractivity contribution in [2.45, 2.75) is 86.2 Å². The number of fused-ring (bicyclic) bond motifs is 5. The number of hydrogen-bond donors (Lipinski definition) is 2. The van der Waals surface area contributed by atoms with Crippen LogP contribution in [0.2, 0.25) is 0 Å². The Kier molecular flexibility index (Phi) is 7.62. The molecule has 6 nitrogen and oxygen atoms in total. The first-order valence-corrected chi connectivity index (χ1v) is 15.1. The molecule has 1 aromatic rings. The minimum Gasteiger partial charge on any atom is -0.395 e. The van der Waals surface area contributed by atoms with Gasteiger partial charge in [-0.15, -0.1) is 0 Å². The van der Waals surface area contributed by atoms with Crippen molar-refractivity contribution in [1.82, 2.24) is 0 Å². The third-order valence-corrected chi connectivity index (χ3v) is 11.5. The highest BCUT2D eigenvalue weighted by atomic mass is 16.6. The minimum absolute atomic E-state index is 0.108. The summed E-state index contributed by atoms with van der Waals surface area (Å²) in [5.41, 5.74) is 3.15. The zero-order valence-corrected chi connectivity index (χ0v) is 25.0. The second-order valence-electron chi connectivity index (χ2n) is 13.4. The molecule has 0 saturated heterocycles. The monoisotopic (exact) mass is 546 g/mol. The summed E-state index contributed by atoms with van der Waals surface area (Å²) < 4.78 is 0. The van der Waals surface area contributed by atoms with Gasteiger partial charge < -0.3 is 15.3 Å². The van der Waals surface area contributed by atoms with E-state index in [1.54, 1.807) is 0 Å². The molecule has 2 N–H and O–H groups in total. The van der Waals surface area contributed by atoms with Gasteiger partial charge in [0.05, 0.1) is 12.5 Å². The molecule has 0 aromatic heterocycles. The van der Waals surface area contributed by atoms with Gasteiger partial charge in [-0.2, -0.15) is 0 Å². The van der Waals surface area contributed by atoms with E-state index in [4.69, 9.17) is 4.84 Å². The summed E-state index contributed by atoms with van der Waals surface area (Å²) in [5, 5.41) is 18.9. The summed E-state index contributed by atoms with van der Waals surface area (Å²) in [6.45, 7) is 13.2. The number of Topliss-reactive ketones (excluding diaryl/α,β-unsaturated/α-hetero) is 1. The molecule has 216 valence electrons. The maximum atomic E-state index is 13.3. The summed E-state index contributed by atoms with van der Waals surface area (Å²) in [5.74, 6) is 1.51. The fourth-order valence-corrected chi connectivity index (χ4v) is 9.03. The lowest BCUT2D eigenvalue weighted by molar-refractivity contribution is -0.155. The van der Waals surface area contributed by atoms with Gasteiger partial charge in [0, 0.05) is 28.9 Å². The van der Waals surface area contributed by atoms with Crippen LogP contribution in [0.15, 0.2) is 53.2 Å². The normalized spacial score (nSPS) is 39.1. The number of nitrogens with one attached hydrogen (secondary N) is 1. The Hall–Kier alpha value is -2.73. The Labute approximate surface area is 239 Å². The van der Waals surface area contributed by atoms with E-state index in [0.29, 0.717) is 36.4 Å². The average Bonchev–Trinajstić information content (AvgIpc) is 3.13. The number of ketones is 1. The van der Waals surface area contributed by atoms with Crippen molar-refractivity contribution in [2.24, 2.45) is 45.1 Å². The summed E-state index contributed by atoms with van der Waals surface area (Å²) in [6.07, 6.45) is 10.4. The summed E-state index contributed by atoms with van der Waals surface area (Å²) in [4.78, 5) is 31.1. The third-order valence-electron chi connectivity index (χ3n) is 11.5. The molecule has 0 radical (unpaired) electrons. The number of carbonyl (C=O) groups is 2. The van der Waals surface area contributed by atoms with Crippen LogP contribution in [-0.4, -0.2) is 35.2 Å². The Balaban J connectivity index is 1.25. The number of hydrogen-bond acceptors (Lipinski definition) is 5. The molecule has 4 aliphatic carbocycles. The van der Waals surface area contributed by atoms with Crippen molar-refractivity contribution in [3.63, 3.8) is 0 Å². The van der Waals surface area contributed by atoms with Crippen LogP contribution in [0, 0.1) is 46.8 Å². The number of benzene rings is 1. The van der Waals surface area contributed by atoms with Gasteiger partial charge in [0.25, 0.3) is 0 Å². The summed E-state index contributed by atoms with van der Waals surface area (Å²) in [7, 11) is 0. The van der Waals surface area contributed by atoms with Crippen LogP contribution in [0.25, 0.3) is 0 Å². The molecule has 1 aromatic carbocycles. The van der Waals surface area contributed by atoms with E-state index >= 15 is 0 Å². The molecule has 0 aliphatic heterocycles. The predicted octanol–water partition coefficient (Wildman–Crippen LogP) is 6.64. The van der Waals surface area contributed by atoms with Crippen molar-refractivity contribution in [1.29, 1.82) is 0 Å². The van der Waals surface area contributed by atoms with Gasteiger partial charge >= 0.3 is 0 Å². The highest BCUT2D eigenvalue weighted by molar-refractivity contribution is 6.05. The number of carbonyl (C=O) groups excluding carboxylic acids is 2. The quantitative estimate of drug-likeness (QED) is 0.297. The minimum atomic E-state index is -0.458. The fourth-order valence-electron chi connectivity index (χ4n) is 9.03. The van der Waals surface area contributed by atoms with Crippen LogP contribution in [0.4, 0.5) is 5.69 Å². The number of anilines is 1. The second-order valence-corrected chi connectivity index (χ2v) is 13.4. The zero-order valence-electron chi connectivity index (χ0n) is 25.0. The van der Waals surface area contributed by atoms with E-state index in [2.05, 4.69) is 50.3 Å². The van der Waals surface area contributed by atoms with Gasteiger partial charge in [0.2, 0.25) is 5.91 Å². The van der Waals surface area contributed by atoms with Crippen molar-refractivity contribution in [3.05, 3.63) is 53.6 Å². The molecule has 4 aliphatic rings. The van der Waals surface area contributed by atoms with Gasteiger partial charge in [-0.05, 0) is 80.1 Å². The van der Waals surface area contributed by atoms with Crippen molar-refractivity contribution < 1.29 is 19.5 Å². The summed E-state index contributed by atoms with van der Waals surface area (Å²) >= 11 is 0. The molecule has 6 heteroatoms. The highest BCUT2D eigenvalue weighted by Gasteiger charge is 2.68. The number of nitrogens with zero attached hydrogens (tertiary/aromatic N) is 1. The predicted molar refractivity (Wildman–Crippen MR) is 159 cm³/mol. The van der Waals surface area contributed by atoms with Crippen LogP contribution in [0.5, 0.6) is 0 Å². The molecule has 0 spiro atoms. The Morgan fingerprint density at radius 2 is 1.90 bits per heavy atom. The number of oxime groups is 1. The first-order chi connectivity index (χ1) is 18.9. The number of rotatable bonds is 7. The molecule has 3 fully saturated rings. The first-order valence-electron chi connectivity index (χ1n) is 15.1. The Bertz CT molecular complexity index is 1250. The average molecular weight is 547 g/mol. The van der Waals surface area contributed by atoms with Crippen LogP contribution < -0.4 is 5.32 Å². The third kappa shape index (κ3) is 4.56. The van der Waals surface area contributed by atoms with Crippen molar-refractivity contribution >= 4 is 23.1 Å². The van der Waals surface area contributed by atoms with Crippen molar-refractivity contribution in [2.75, 3.05) is 11.9 Å².